The highest BCUT2D eigenvalue weighted by Crippen LogP contribution is 2.18. The minimum Gasteiger partial charge on any atom is -0.395 e. The fraction of sp³-hybridized carbons (Fsp3) is 0.300. The first kappa shape index (κ1) is 15.8. The van der Waals surface area contributed by atoms with Crippen molar-refractivity contribution >= 4 is 10.9 Å². The zero-order chi connectivity index (χ0) is 15.9. The number of hydrogen-bond donors (Lipinski definition) is 3. The lowest BCUT2D eigenvalue weighted by Gasteiger charge is -2.16. The average molecular weight is 308 g/mol. The predicted molar refractivity (Wildman–Crippen MR) is 95.6 cm³/mol. The third kappa shape index (κ3) is 4.21. The number of aliphatic hydroxyl groups is 1. The molecule has 0 spiro atoms. The first-order valence-corrected chi connectivity index (χ1v) is 8.30. The second kappa shape index (κ2) is 7.95. The number of nitrogens with one attached hydrogen (secondary N) is 2. The predicted octanol–water partition coefficient (Wildman–Crippen LogP) is 3.29. The molecule has 0 saturated heterocycles. The van der Waals surface area contributed by atoms with E-state index in [1.165, 1.54) is 22.0 Å². The Morgan fingerprint density at radius 1 is 1.00 bits per heavy atom. The molecule has 1 atom stereocenters. The Hall–Kier alpha value is -2.10. The van der Waals surface area contributed by atoms with Crippen LogP contribution in [0, 0.1) is 0 Å². The lowest BCUT2D eigenvalue weighted by atomic mass is 10.1. The van der Waals surface area contributed by atoms with Gasteiger partial charge in [0, 0.05) is 23.1 Å². The van der Waals surface area contributed by atoms with Crippen molar-refractivity contribution in [1.29, 1.82) is 0 Å². The Labute approximate surface area is 137 Å². The molecule has 0 radical (unpaired) electrons. The number of H-pyrrole nitrogens is 1. The highest BCUT2D eigenvalue weighted by atomic mass is 16.3. The summed E-state index contributed by atoms with van der Waals surface area (Å²) in [6, 6.07) is 18.9. The van der Waals surface area contributed by atoms with Gasteiger partial charge in [-0.25, -0.2) is 0 Å². The van der Waals surface area contributed by atoms with E-state index < -0.39 is 0 Å². The van der Waals surface area contributed by atoms with Crippen LogP contribution < -0.4 is 5.32 Å². The smallest absolute Gasteiger partial charge is 0.0587 e. The number of aliphatic hydroxyl groups excluding tert-OH is 1. The maximum Gasteiger partial charge on any atom is 0.0587 e. The largest absolute Gasteiger partial charge is 0.395 e. The maximum absolute atomic E-state index is 9.54. The summed E-state index contributed by atoms with van der Waals surface area (Å²) in [6.07, 6.45) is 5.08. The van der Waals surface area contributed by atoms with Crippen molar-refractivity contribution in [3.05, 3.63) is 71.9 Å². The summed E-state index contributed by atoms with van der Waals surface area (Å²) in [5.74, 6) is 0. The molecule has 1 heterocycles. The Kier molecular flexibility index (Phi) is 5.46. The zero-order valence-corrected chi connectivity index (χ0v) is 13.3. The van der Waals surface area contributed by atoms with Crippen LogP contribution in [0.25, 0.3) is 10.9 Å². The molecule has 23 heavy (non-hydrogen) atoms. The van der Waals surface area contributed by atoms with Gasteiger partial charge in [0.15, 0.2) is 0 Å². The molecule has 3 rings (SSSR count). The molecular weight excluding hydrogens is 284 g/mol. The topological polar surface area (TPSA) is 48.0 Å². The SMILES string of the molecule is OCC(Cc1ccccc1)NCCCc1c[nH]c2ccccc12. The lowest BCUT2D eigenvalue weighted by molar-refractivity contribution is 0.241. The Bertz CT molecular complexity index is 721. The monoisotopic (exact) mass is 308 g/mol. The number of aromatic nitrogens is 1. The van der Waals surface area contributed by atoms with Gasteiger partial charge >= 0.3 is 0 Å². The van der Waals surface area contributed by atoms with Crippen molar-refractivity contribution < 1.29 is 5.11 Å². The number of rotatable bonds is 8. The summed E-state index contributed by atoms with van der Waals surface area (Å²) >= 11 is 0. The van der Waals surface area contributed by atoms with E-state index in [9.17, 15) is 5.11 Å². The summed E-state index contributed by atoms with van der Waals surface area (Å²) < 4.78 is 0. The van der Waals surface area contributed by atoms with E-state index in [-0.39, 0.29) is 12.6 Å². The summed E-state index contributed by atoms with van der Waals surface area (Å²) in [4.78, 5) is 3.32. The van der Waals surface area contributed by atoms with E-state index in [1.807, 2.05) is 18.2 Å². The van der Waals surface area contributed by atoms with Crippen LogP contribution in [0.3, 0.4) is 0 Å². The summed E-state index contributed by atoms with van der Waals surface area (Å²) in [6.45, 7) is 1.08. The van der Waals surface area contributed by atoms with Gasteiger partial charge in [-0.1, -0.05) is 48.5 Å². The second-order valence-corrected chi connectivity index (χ2v) is 5.99. The number of para-hydroxylation sites is 1. The van der Waals surface area contributed by atoms with Crippen LogP contribution >= 0.6 is 0 Å². The highest BCUT2D eigenvalue weighted by Gasteiger charge is 2.08. The number of hydrogen-bond acceptors (Lipinski definition) is 2. The number of benzene rings is 2. The fourth-order valence-corrected chi connectivity index (χ4v) is 3.02. The van der Waals surface area contributed by atoms with Gasteiger partial charge < -0.3 is 15.4 Å². The minimum atomic E-state index is 0.125. The van der Waals surface area contributed by atoms with E-state index in [0.29, 0.717) is 0 Å². The molecular formula is C20H24N2O. The molecule has 0 aliphatic heterocycles. The van der Waals surface area contributed by atoms with Crippen molar-refractivity contribution in [2.24, 2.45) is 0 Å². The van der Waals surface area contributed by atoms with Crippen LogP contribution in [0.4, 0.5) is 0 Å². The fourth-order valence-electron chi connectivity index (χ4n) is 3.02. The van der Waals surface area contributed by atoms with E-state index >= 15 is 0 Å². The summed E-state index contributed by atoms with van der Waals surface area (Å²) in [7, 11) is 0. The molecule has 0 bridgehead atoms. The van der Waals surface area contributed by atoms with Crippen molar-refractivity contribution in [2.45, 2.75) is 25.3 Å². The van der Waals surface area contributed by atoms with E-state index in [2.05, 4.69) is 52.9 Å². The highest BCUT2D eigenvalue weighted by molar-refractivity contribution is 5.82. The van der Waals surface area contributed by atoms with Gasteiger partial charge in [-0.15, -0.1) is 0 Å². The van der Waals surface area contributed by atoms with Gasteiger partial charge in [-0.05, 0) is 43.0 Å². The molecule has 0 saturated carbocycles. The van der Waals surface area contributed by atoms with Crippen LogP contribution in [-0.2, 0) is 12.8 Å². The molecule has 0 amide bonds. The first-order valence-electron chi connectivity index (χ1n) is 8.30. The van der Waals surface area contributed by atoms with Crippen molar-refractivity contribution in [3.63, 3.8) is 0 Å². The number of aryl methyl sites for hydroxylation is 1. The van der Waals surface area contributed by atoms with Gasteiger partial charge in [-0.3, -0.25) is 0 Å². The Balaban J connectivity index is 1.47. The summed E-state index contributed by atoms with van der Waals surface area (Å²) in [5, 5.41) is 14.3. The minimum absolute atomic E-state index is 0.125. The third-order valence-electron chi connectivity index (χ3n) is 4.28. The van der Waals surface area contributed by atoms with Crippen LogP contribution in [-0.4, -0.2) is 29.3 Å². The Morgan fingerprint density at radius 2 is 1.78 bits per heavy atom. The standard InChI is InChI=1S/C20H24N2O/c23-15-18(13-16-7-2-1-3-8-16)21-12-6-9-17-14-22-20-11-5-4-10-19(17)20/h1-5,7-8,10-11,14,18,21-23H,6,9,12-13,15H2. The molecule has 2 aromatic carbocycles. The number of aromatic amines is 1. The van der Waals surface area contributed by atoms with Crippen LogP contribution in [0.5, 0.6) is 0 Å². The molecule has 120 valence electrons. The molecule has 1 unspecified atom stereocenters. The molecule has 3 nitrogen and oxygen atoms in total. The second-order valence-electron chi connectivity index (χ2n) is 5.99. The van der Waals surface area contributed by atoms with Crippen molar-refractivity contribution in [2.75, 3.05) is 13.2 Å². The molecule has 0 fully saturated rings. The molecule has 3 aromatic rings. The van der Waals surface area contributed by atoms with Crippen LogP contribution in [0.1, 0.15) is 17.5 Å². The first-order chi connectivity index (χ1) is 11.4. The van der Waals surface area contributed by atoms with E-state index in [1.54, 1.807) is 0 Å². The molecule has 1 aromatic heterocycles. The van der Waals surface area contributed by atoms with Gasteiger partial charge in [0.2, 0.25) is 0 Å². The maximum atomic E-state index is 9.54. The molecule has 0 aliphatic carbocycles. The van der Waals surface area contributed by atoms with Gasteiger partial charge in [0.05, 0.1) is 6.61 Å². The average Bonchev–Trinajstić information content (AvgIpc) is 3.02. The number of fused-ring (bicyclic) bond motifs is 1. The van der Waals surface area contributed by atoms with Gasteiger partial charge in [-0.2, -0.15) is 0 Å². The quantitative estimate of drug-likeness (QED) is 0.559. The van der Waals surface area contributed by atoms with Gasteiger partial charge in [0.25, 0.3) is 0 Å². The molecule has 3 heteroatoms. The van der Waals surface area contributed by atoms with Gasteiger partial charge in [0.1, 0.15) is 0 Å². The molecule has 0 aliphatic rings. The summed E-state index contributed by atoms with van der Waals surface area (Å²) in [5.41, 5.74) is 3.83. The Morgan fingerprint density at radius 3 is 2.61 bits per heavy atom. The van der Waals surface area contributed by atoms with E-state index in [0.717, 1.165) is 25.8 Å². The lowest BCUT2D eigenvalue weighted by Crippen LogP contribution is -2.35. The normalized spacial score (nSPS) is 12.6. The third-order valence-corrected chi connectivity index (χ3v) is 4.28. The molecule has 3 N–H and O–H groups in total. The van der Waals surface area contributed by atoms with Crippen molar-refractivity contribution in [1.82, 2.24) is 10.3 Å². The van der Waals surface area contributed by atoms with Crippen LogP contribution in [0.15, 0.2) is 60.8 Å². The van der Waals surface area contributed by atoms with E-state index in [4.69, 9.17) is 0 Å². The van der Waals surface area contributed by atoms with Crippen molar-refractivity contribution in [3.8, 4) is 0 Å². The van der Waals surface area contributed by atoms with Crippen LogP contribution in [0.2, 0.25) is 0 Å². The zero-order valence-electron chi connectivity index (χ0n) is 13.3.